The number of hydrogen-bond donors (Lipinski definition) is 1. The lowest BCUT2D eigenvalue weighted by molar-refractivity contribution is 0.300. The molecule has 3 nitrogen and oxygen atoms in total. The number of rotatable bonds is 3. The van der Waals surface area contributed by atoms with Gasteiger partial charge in [0.2, 0.25) is 0 Å². The van der Waals surface area contributed by atoms with Crippen LogP contribution in [0.5, 0.6) is 5.75 Å². The van der Waals surface area contributed by atoms with Crippen molar-refractivity contribution in [3.63, 3.8) is 0 Å². The van der Waals surface area contributed by atoms with E-state index in [1.165, 1.54) is 17.4 Å². The minimum atomic E-state index is -0.268. The molecule has 2 aromatic rings. The van der Waals surface area contributed by atoms with Crippen molar-refractivity contribution in [1.29, 1.82) is 0 Å². The Hall–Kier alpha value is -1.62. The van der Waals surface area contributed by atoms with Gasteiger partial charge in [0.25, 0.3) is 0 Å². The summed E-state index contributed by atoms with van der Waals surface area (Å²) in [4.78, 5) is 4.04. The first-order chi connectivity index (χ1) is 7.65. The average Bonchev–Trinajstić information content (AvgIpc) is 2.66. The highest BCUT2D eigenvalue weighted by molar-refractivity contribution is 7.13. The molecule has 0 unspecified atom stereocenters. The second-order valence-electron chi connectivity index (χ2n) is 3.38. The fraction of sp³-hybridized carbons (Fsp3) is 0.182. The predicted molar refractivity (Wildman–Crippen MR) is 62.0 cm³/mol. The molecule has 0 spiro atoms. The van der Waals surface area contributed by atoms with Crippen LogP contribution in [0.4, 0.5) is 9.52 Å². The van der Waals surface area contributed by atoms with E-state index in [0.29, 0.717) is 23.1 Å². The van der Waals surface area contributed by atoms with Gasteiger partial charge in [0.1, 0.15) is 18.2 Å². The third kappa shape index (κ3) is 2.49. The van der Waals surface area contributed by atoms with Gasteiger partial charge in [0, 0.05) is 11.4 Å². The summed E-state index contributed by atoms with van der Waals surface area (Å²) in [5.74, 6) is 0.227. The third-order valence-electron chi connectivity index (χ3n) is 2.10. The van der Waals surface area contributed by atoms with Crippen LogP contribution in [0.15, 0.2) is 23.6 Å². The van der Waals surface area contributed by atoms with E-state index in [2.05, 4.69) is 4.98 Å². The van der Waals surface area contributed by atoms with Crippen LogP contribution in [0.25, 0.3) is 0 Å². The van der Waals surface area contributed by atoms with E-state index in [1.807, 2.05) is 5.38 Å². The van der Waals surface area contributed by atoms with Crippen LogP contribution in [0, 0.1) is 12.7 Å². The molecule has 0 aliphatic carbocycles. The van der Waals surface area contributed by atoms with Gasteiger partial charge in [0.05, 0.1) is 5.69 Å². The molecule has 84 valence electrons. The van der Waals surface area contributed by atoms with E-state index in [4.69, 9.17) is 10.5 Å². The normalized spacial score (nSPS) is 10.4. The maximum Gasteiger partial charge on any atom is 0.180 e. The summed E-state index contributed by atoms with van der Waals surface area (Å²) >= 11 is 1.36. The van der Waals surface area contributed by atoms with Crippen LogP contribution in [-0.2, 0) is 6.61 Å². The smallest absolute Gasteiger partial charge is 0.180 e. The van der Waals surface area contributed by atoms with E-state index in [0.717, 1.165) is 5.69 Å². The Bertz CT molecular complexity index is 498. The van der Waals surface area contributed by atoms with Crippen LogP contribution >= 0.6 is 11.3 Å². The van der Waals surface area contributed by atoms with Gasteiger partial charge in [-0.05, 0) is 18.6 Å². The fourth-order valence-corrected chi connectivity index (χ4v) is 1.76. The molecular formula is C11H11FN2OS. The Morgan fingerprint density at radius 2 is 2.31 bits per heavy atom. The SMILES string of the molecule is Cc1ccc(OCc2csc(N)n2)cc1F. The maximum absolute atomic E-state index is 13.2. The number of hydrogen-bond acceptors (Lipinski definition) is 4. The third-order valence-corrected chi connectivity index (χ3v) is 2.82. The van der Waals surface area contributed by atoms with Gasteiger partial charge in [-0.3, -0.25) is 0 Å². The molecule has 0 radical (unpaired) electrons. The molecule has 2 N–H and O–H groups in total. The van der Waals surface area contributed by atoms with Crippen molar-refractivity contribution in [2.24, 2.45) is 0 Å². The van der Waals surface area contributed by atoms with Crippen LogP contribution in [0.1, 0.15) is 11.3 Å². The quantitative estimate of drug-likeness (QED) is 0.894. The number of nitrogens with two attached hydrogens (primary N) is 1. The number of aromatic nitrogens is 1. The van der Waals surface area contributed by atoms with Crippen LogP contribution in [0.2, 0.25) is 0 Å². The first kappa shape index (κ1) is 10.9. The Morgan fingerprint density at radius 3 is 2.94 bits per heavy atom. The summed E-state index contributed by atoms with van der Waals surface area (Å²) in [6.07, 6.45) is 0. The zero-order valence-corrected chi connectivity index (χ0v) is 9.55. The van der Waals surface area contributed by atoms with Crippen LogP contribution in [0.3, 0.4) is 0 Å². The molecule has 1 heterocycles. The number of aryl methyl sites for hydroxylation is 1. The summed E-state index contributed by atoms with van der Waals surface area (Å²) in [5.41, 5.74) is 6.84. The molecule has 2 rings (SSSR count). The zero-order valence-electron chi connectivity index (χ0n) is 8.74. The van der Waals surface area contributed by atoms with Gasteiger partial charge in [-0.15, -0.1) is 11.3 Å². The van der Waals surface area contributed by atoms with Gasteiger partial charge < -0.3 is 10.5 Å². The molecule has 5 heteroatoms. The Labute approximate surface area is 96.7 Å². The molecule has 0 bridgehead atoms. The number of benzene rings is 1. The van der Waals surface area contributed by atoms with Crippen molar-refractivity contribution in [3.05, 3.63) is 40.7 Å². The van der Waals surface area contributed by atoms with Crippen molar-refractivity contribution in [1.82, 2.24) is 4.98 Å². The van der Waals surface area contributed by atoms with Gasteiger partial charge in [-0.1, -0.05) is 6.07 Å². The molecule has 16 heavy (non-hydrogen) atoms. The number of thiazole rings is 1. The summed E-state index contributed by atoms with van der Waals surface area (Å²) in [6, 6.07) is 4.78. The molecule has 0 atom stereocenters. The zero-order chi connectivity index (χ0) is 11.5. The number of nitrogen functional groups attached to an aromatic ring is 1. The van der Waals surface area contributed by atoms with Gasteiger partial charge in [0.15, 0.2) is 5.13 Å². The van der Waals surface area contributed by atoms with Crippen LogP contribution in [-0.4, -0.2) is 4.98 Å². The van der Waals surface area contributed by atoms with Crippen molar-refractivity contribution in [3.8, 4) is 5.75 Å². The van der Waals surface area contributed by atoms with Crippen molar-refractivity contribution in [2.75, 3.05) is 5.73 Å². The second-order valence-corrected chi connectivity index (χ2v) is 4.27. The molecule has 0 saturated carbocycles. The first-order valence-electron chi connectivity index (χ1n) is 4.74. The summed E-state index contributed by atoms with van der Waals surface area (Å²) < 4.78 is 18.6. The van der Waals surface area contributed by atoms with E-state index in [1.54, 1.807) is 19.1 Å². The highest BCUT2D eigenvalue weighted by atomic mass is 32.1. The van der Waals surface area contributed by atoms with Crippen LogP contribution < -0.4 is 10.5 Å². The molecule has 0 aliphatic heterocycles. The fourth-order valence-electron chi connectivity index (χ4n) is 1.21. The van der Waals surface area contributed by atoms with E-state index in [-0.39, 0.29) is 5.82 Å². The van der Waals surface area contributed by atoms with Gasteiger partial charge in [-0.2, -0.15) is 0 Å². The minimum absolute atomic E-state index is 0.268. The molecule has 0 fully saturated rings. The molecule has 1 aromatic heterocycles. The molecule has 0 aliphatic rings. The molecule has 0 saturated heterocycles. The molecular weight excluding hydrogens is 227 g/mol. The Morgan fingerprint density at radius 1 is 1.50 bits per heavy atom. The highest BCUT2D eigenvalue weighted by Gasteiger charge is 2.02. The van der Waals surface area contributed by atoms with Gasteiger partial charge in [-0.25, -0.2) is 9.37 Å². The topological polar surface area (TPSA) is 48.1 Å². The highest BCUT2D eigenvalue weighted by Crippen LogP contribution is 2.18. The first-order valence-corrected chi connectivity index (χ1v) is 5.62. The monoisotopic (exact) mass is 238 g/mol. The summed E-state index contributed by atoms with van der Waals surface area (Å²) in [6.45, 7) is 2.01. The Kier molecular flexibility index (Phi) is 3.05. The van der Waals surface area contributed by atoms with E-state index in [9.17, 15) is 4.39 Å². The number of nitrogens with zero attached hydrogens (tertiary/aromatic N) is 1. The average molecular weight is 238 g/mol. The van der Waals surface area contributed by atoms with E-state index >= 15 is 0 Å². The Balaban J connectivity index is 2.02. The van der Waals surface area contributed by atoms with Crippen molar-refractivity contribution < 1.29 is 9.13 Å². The predicted octanol–water partition coefficient (Wildman–Crippen LogP) is 2.75. The number of halogens is 1. The standard InChI is InChI=1S/C11H11FN2OS/c1-7-2-3-9(4-10(7)12)15-5-8-6-16-11(13)14-8/h2-4,6H,5H2,1H3,(H2,13,14). The second kappa shape index (κ2) is 4.49. The minimum Gasteiger partial charge on any atom is -0.487 e. The van der Waals surface area contributed by atoms with Gasteiger partial charge >= 0.3 is 0 Å². The van der Waals surface area contributed by atoms with Crippen molar-refractivity contribution >= 4 is 16.5 Å². The lowest BCUT2D eigenvalue weighted by Crippen LogP contribution is -1.97. The number of ether oxygens (including phenoxy) is 1. The summed E-state index contributed by atoms with van der Waals surface area (Å²) in [7, 11) is 0. The number of anilines is 1. The molecule has 0 amide bonds. The summed E-state index contributed by atoms with van der Waals surface area (Å²) in [5, 5.41) is 2.33. The largest absolute Gasteiger partial charge is 0.487 e. The maximum atomic E-state index is 13.2. The lowest BCUT2D eigenvalue weighted by Gasteiger charge is -2.05. The van der Waals surface area contributed by atoms with Crippen molar-refractivity contribution in [2.45, 2.75) is 13.5 Å². The van der Waals surface area contributed by atoms with E-state index < -0.39 is 0 Å². The molecule has 1 aromatic carbocycles. The lowest BCUT2D eigenvalue weighted by atomic mass is 10.2.